The van der Waals surface area contributed by atoms with Gasteiger partial charge in [-0.1, -0.05) is 11.6 Å². The molecule has 0 unspecified atom stereocenters. The van der Waals surface area contributed by atoms with Crippen LogP contribution in [0.1, 0.15) is 5.69 Å². The van der Waals surface area contributed by atoms with Gasteiger partial charge in [0.1, 0.15) is 5.65 Å². The molecule has 3 aromatic heterocycles. The molecule has 0 saturated carbocycles. The van der Waals surface area contributed by atoms with Crippen molar-refractivity contribution in [3.05, 3.63) is 41.6 Å². The molecule has 20 heavy (non-hydrogen) atoms. The number of methoxy groups -OCH3 is 1. The van der Waals surface area contributed by atoms with Gasteiger partial charge in [-0.3, -0.25) is 9.89 Å². The van der Waals surface area contributed by atoms with Gasteiger partial charge in [-0.2, -0.15) is 5.10 Å². The van der Waals surface area contributed by atoms with Gasteiger partial charge in [0.15, 0.2) is 0 Å². The Morgan fingerprint density at radius 2 is 2.35 bits per heavy atom. The van der Waals surface area contributed by atoms with E-state index in [4.69, 9.17) is 11.6 Å². The van der Waals surface area contributed by atoms with Crippen molar-refractivity contribution < 1.29 is 9.53 Å². The van der Waals surface area contributed by atoms with E-state index in [9.17, 15) is 4.79 Å². The van der Waals surface area contributed by atoms with Crippen LogP contribution in [0.3, 0.4) is 0 Å². The molecular weight excluding hydrogens is 280 g/mol. The molecule has 0 amide bonds. The molecule has 0 aliphatic heterocycles. The van der Waals surface area contributed by atoms with Crippen LogP contribution in [0.15, 0.2) is 30.9 Å². The molecule has 0 aromatic carbocycles. The highest BCUT2D eigenvalue weighted by molar-refractivity contribution is 6.30. The molecule has 1 N–H and O–H groups in total. The summed E-state index contributed by atoms with van der Waals surface area (Å²) in [5, 5.41) is 7.26. The van der Waals surface area contributed by atoms with Gasteiger partial charge in [-0.25, -0.2) is 4.98 Å². The molecule has 3 rings (SSSR count). The second kappa shape index (κ2) is 4.97. The van der Waals surface area contributed by atoms with Crippen molar-refractivity contribution >= 4 is 23.2 Å². The molecule has 0 fully saturated rings. The van der Waals surface area contributed by atoms with Gasteiger partial charge in [0, 0.05) is 29.7 Å². The van der Waals surface area contributed by atoms with E-state index < -0.39 is 0 Å². The van der Waals surface area contributed by atoms with Gasteiger partial charge < -0.3 is 9.14 Å². The number of pyridine rings is 1. The Morgan fingerprint density at radius 3 is 3.05 bits per heavy atom. The number of carbonyl (C=O) groups excluding carboxylic acids is 1. The highest BCUT2D eigenvalue weighted by Crippen LogP contribution is 2.26. The summed E-state index contributed by atoms with van der Waals surface area (Å²) < 4.78 is 6.44. The molecular formula is C13H11ClN4O2. The van der Waals surface area contributed by atoms with Crippen LogP contribution in [-0.4, -0.2) is 32.7 Å². The quantitative estimate of drug-likeness (QED) is 0.750. The van der Waals surface area contributed by atoms with E-state index in [0.29, 0.717) is 10.7 Å². The van der Waals surface area contributed by atoms with E-state index in [0.717, 1.165) is 16.8 Å². The third kappa shape index (κ3) is 2.25. The Labute approximate surface area is 119 Å². The lowest BCUT2D eigenvalue weighted by Crippen LogP contribution is -2.04. The number of halogens is 1. The van der Waals surface area contributed by atoms with Crippen LogP contribution in [0.2, 0.25) is 5.02 Å². The van der Waals surface area contributed by atoms with Crippen molar-refractivity contribution in [3.63, 3.8) is 0 Å². The molecule has 7 heteroatoms. The number of hydrogen-bond donors (Lipinski definition) is 1. The van der Waals surface area contributed by atoms with Crippen LogP contribution in [0.4, 0.5) is 0 Å². The number of hydrogen-bond acceptors (Lipinski definition) is 4. The molecule has 6 nitrogen and oxygen atoms in total. The number of imidazole rings is 1. The highest BCUT2D eigenvalue weighted by Gasteiger charge is 2.13. The Bertz CT molecular complexity index is 764. The molecule has 3 heterocycles. The van der Waals surface area contributed by atoms with Gasteiger partial charge in [0.2, 0.25) is 0 Å². The fourth-order valence-electron chi connectivity index (χ4n) is 2.03. The zero-order chi connectivity index (χ0) is 14.1. The standard InChI is InChI=1S/C13H11ClN4O2/c1-20-12(19)3-10-7-18-6-9(14)2-11(13(18)17-10)8-4-15-16-5-8/h2,4-7H,3H2,1H3,(H,15,16). The first-order chi connectivity index (χ1) is 9.67. The van der Waals surface area contributed by atoms with Crippen LogP contribution in [0, 0.1) is 0 Å². The molecule has 0 radical (unpaired) electrons. The maximum atomic E-state index is 11.3. The molecule has 0 atom stereocenters. The fraction of sp³-hybridized carbons (Fsp3) is 0.154. The van der Waals surface area contributed by atoms with Crippen LogP contribution < -0.4 is 0 Å². The summed E-state index contributed by atoms with van der Waals surface area (Å²) >= 11 is 6.11. The van der Waals surface area contributed by atoms with Crippen molar-refractivity contribution in [2.75, 3.05) is 7.11 Å². The molecule has 0 bridgehead atoms. The van der Waals surface area contributed by atoms with Crippen LogP contribution in [0.5, 0.6) is 0 Å². The van der Waals surface area contributed by atoms with E-state index in [2.05, 4.69) is 19.9 Å². The summed E-state index contributed by atoms with van der Waals surface area (Å²) in [7, 11) is 1.35. The summed E-state index contributed by atoms with van der Waals surface area (Å²) in [5.74, 6) is -0.329. The molecule has 102 valence electrons. The molecule has 0 aliphatic carbocycles. The van der Waals surface area contributed by atoms with E-state index in [1.807, 2.05) is 6.07 Å². The van der Waals surface area contributed by atoms with Crippen LogP contribution in [-0.2, 0) is 16.0 Å². The van der Waals surface area contributed by atoms with Crippen molar-refractivity contribution in [1.82, 2.24) is 19.6 Å². The Kier molecular flexibility index (Phi) is 3.15. The monoisotopic (exact) mass is 290 g/mol. The zero-order valence-corrected chi connectivity index (χ0v) is 11.4. The predicted molar refractivity (Wildman–Crippen MR) is 73.5 cm³/mol. The summed E-state index contributed by atoms with van der Waals surface area (Å²) in [6, 6.07) is 1.82. The number of nitrogens with one attached hydrogen (secondary N) is 1. The summed E-state index contributed by atoms with van der Waals surface area (Å²) in [6.45, 7) is 0. The molecule has 0 aliphatic rings. The van der Waals surface area contributed by atoms with Crippen molar-refractivity contribution in [3.8, 4) is 11.1 Å². The molecule has 0 spiro atoms. The van der Waals surface area contributed by atoms with E-state index in [1.165, 1.54) is 7.11 Å². The average molecular weight is 291 g/mol. The number of fused-ring (bicyclic) bond motifs is 1. The number of aromatic amines is 1. The lowest BCUT2D eigenvalue weighted by molar-refractivity contribution is -0.139. The minimum Gasteiger partial charge on any atom is -0.469 e. The SMILES string of the molecule is COC(=O)Cc1cn2cc(Cl)cc(-c3cn[nH]c3)c2n1. The normalized spacial score (nSPS) is 10.9. The first-order valence-electron chi connectivity index (χ1n) is 5.90. The van der Waals surface area contributed by atoms with Gasteiger partial charge >= 0.3 is 5.97 Å². The largest absolute Gasteiger partial charge is 0.469 e. The lowest BCUT2D eigenvalue weighted by atomic mass is 10.1. The van der Waals surface area contributed by atoms with Crippen molar-refractivity contribution in [1.29, 1.82) is 0 Å². The topological polar surface area (TPSA) is 72.3 Å². The molecule has 0 saturated heterocycles. The van der Waals surface area contributed by atoms with Gasteiger partial charge in [0.25, 0.3) is 0 Å². The Morgan fingerprint density at radius 1 is 1.50 bits per heavy atom. The number of rotatable bonds is 3. The maximum Gasteiger partial charge on any atom is 0.311 e. The van der Waals surface area contributed by atoms with E-state index in [-0.39, 0.29) is 12.4 Å². The summed E-state index contributed by atoms with van der Waals surface area (Å²) in [5.41, 5.74) is 3.08. The molecule has 3 aromatic rings. The first-order valence-corrected chi connectivity index (χ1v) is 6.28. The summed E-state index contributed by atoms with van der Waals surface area (Å²) in [6.07, 6.45) is 7.09. The minimum atomic E-state index is -0.329. The second-order valence-corrected chi connectivity index (χ2v) is 4.71. The highest BCUT2D eigenvalue weighted by atomic mass is 35.5. The smallest absolute Gasteiger partial charge is 0.311 e. The Balaban J connectivity index is 2.13. The minimum absolute atomic E-state index is 0.126. The van der Waals surface area contributed by atoms with Gasteiger partial charge in [-0.15, -0.1) is 0 Å². The number of aromatic nitrogens is 4. The van der Waals surface area contributed by atoms with Gasteiger partial charge in [0.05, 0.1) is 30.4 Å². The third-order valence-corrected chi connectivity index (χ3v) is 3.14. The van der Waals surface area contributed by atoms with Crippen LogP contribution in [0.25, 0.3) is 16.8 Å². The average Bonchev–Trinajstić information content (AvgIpc) is 3.06. The number of carbonyl (C=O) groups is 1. The number of H-pyrrole nitrogens is 1. The predicted octanol–water partition coefficient (Wildman–Crippen LogP) is 2.09. The zero-order valence-electron chi connectivity index (χ0n) is 10.6. The van der Waals surface area contributed by atoms with Crippen LogP contribution >= 0.6 is 11.6 Å². The van der Waals surface area contributed by atoms with E-state index >= 15 is 0 Å². The first kappa shape index (κ1) is 12.7. The van der Waals surface area contributed by atoms with Gasteiger partial charge in [-0.05, 0) is 6.07 Å². The van der Waals surface area contributed by atoms with Crippen molar-refractivity contribution in [2.24, 2.45) is 0 Å². The number of nitrogens with zero attached hydrogens (tertiary/aromatic N) is 3. The van der Waals surface area contributed by atoms with Crippen molar-refractivity contribution in [2.45, 2.75) is 6.42 Å². The lowest BCUT2D eigenvalue weighted by Gasteiger charge is -2.01. The third-order valence-electron chi connectivity index (χ3n) is 2.93. The summed E-state index contributed by atoms with van der Waals surface area (Å²) in [4.78, 5) is 15.8. The van der Waals surface area contributed by atoms with E-state index in [1.54, 1.807) is 29.2 Å². The second-order valence-electron chi connectivity index (χ2n) is 4.28. The maximum absolute atomic E-state index is 11.3. The number of esters is 1. The number of ether oxygens (including phenoxy) is 1. The Hall–Kier alpha value is -2.34. The fourth-order valence-corrected chi connectivity index (χ4v) is 2.24.